The summed E-state index contributed by atoms with van der Waals surface area (Å²) >= 11 is 0. The van der Waals surface area contributed by atoms with Crippen LogP contribution in [0.3, 0.4) is 0 Å². The van der Waals surface area contributed by atoms with Crippen molar-refractivity contribution in [1.29, 1.82) is 0 Å². The Kier molecular flexibility index (Phi) is 6.01. The molecule has 0 fully saturated rings. The lowest BCUT2D eigenvalue weighted by Crippen LogP contribution is -2.18. The zero-order valence-corrected chi connectivity index (χ0v) is 28.8. The summed E-state index contributed by atoms with van der Waals surface area (Å²) < 4.78 is 6.35. The molecule has 0 atom stereocenters. The van der Waals surface area contributed by atoms with Crippen LogP contribution in [0.1, 0.15) is 49.9 Å². The minimum atomic E-state index is -0.183. The van der Waals surface area contributed by atoms with Crippen LogP contribution in [0.2, 0.25) is 0 Å². The first kappa shape index (κ1) is 29.1. The standard InChI is InChI=1S/C48H37NO/c1-47(2)41-16-10-8-14-35(41)36-24-22-33(26-42(36)47)49(32-20-18-31(19-21-32)30-12-6-5-7-13-30)34-23-25-37-39-29-46-40(38-15-9-11-17-45(38)50-46)28-44(39)48(3,4)43(37)27-34/h5-29H,1-4H3. The molecular weight excluding hydrogens is 607 g/mol. The SMILES string of the molecule is CC1(C)c2ccccc2-c2ccc(N(c3ccc(-c4ccccc4)cc3)c3ccc4c(c3)C(C)(C)c3cc5c(cc3-4)oc3ccccc35)cc21. The highest BCUT2D eigenvalue weighted by Crippen LogP contribution is 2.54. The average molecular weight is 644 g/mol. The van der Waals surface area contributed by atoms with Gasteiger partial charge in [-0.2, -0.15) is 0 Å². The number of fused-ring (bicyclic) bond motifs is 9. The highest BCUT2D eigenvalue weighted by Gasteiger charge is 2.38. The van der Waals surface area contributed by atoms with Crippen LogP contribution in [-0.2, 0) is 10.8 Å². The Labute approximate surface area is 293 Å². The molecule has 50 heavy (non-hydrogen) atoms. The second kappa shape index (κ2) is 10.3. The molecule has 0 spiro atoms. The van der Waals surface area contributed by atoms with Gasteiger partial charge in [0.25, 0.3) is 0 Å². The van der Waals surface area contributed by atoms with Crippen molar-refractivity contribution < 1.29 is 4.42 Å². The van der Waals surface area contributed by atoms with Crippen molar-refractivity contribution in [3.8, 4) is 33.4 Å². The summed E-state index contributed by atoms with van der Waals surface area (Å²) in [6, 6.07) is 55.6. The number of rotatable bonds is 4. The molecule has 0 amide bonds. The minimum Gasteiger partial charge on any atom is -0.456 e. The van der Waals surface area contributed by atoms with E-state index in [1.807, 2.05) is 6.07 Å². The lowest BCUT2D eigenvalue weighted by molar-refractivity contribution is 0.658. The first-order valence-corrected chi connectivity index (χ1v) is 17.6. The minimum absolute atomic E-state index is 0.0898. The van der Waals surface area contributed by atoms with Crippen molar-refractivity contribution >= 4 is 39.0 Å². The van der Waals surface area contributed by atoms with E-state index >= 15 is 0 Å². The lowest BCUT2D eigenvalue weighted by atomic mass is 9.81. The zero-order valence-electron chi connectivity index (χ0n) is 28.8. The normalized spacial score (nSPS) is 14.7. The van der Waals surface area contributed by atoms with Gasteiger partial charge in [-0.1, -0.05) is 125 Å². The van der Waals surface area contributed by atoms with Crippen LogP contribution in [0.15, 0.2) is 156 Å². The molecule has 0 aliphatic heterocycles. The van der Waals surface area contributed by atoms with Gasteiger partial charge in [0.2, 0.25) is 0 Å². The van der Waals surface area contributed by atoms with Crippen LogP contribution in [0.5, 0.6) is 0 Å². The maximum Gasteiger partial charge on any atom is 0.136 e. The fraction of sp³-hybridized carbons (Fsp3) is 0.125. The Hall–Kier alpha value is -5.86. The monoisotopic (exact) mass is 643 g/mol. The molecular formula is C48H37NO. The van der Waals surface area contributed by atoms with E-state index in [0.29, 0.717) is 0 Å². The van der Waals surface area contributed by atoms with Crippen LogP contribution in [-0.4, -0.2) is 0 Å². The molecule has 0 unspecified atom stereocenters. The predicted molar refractivity (Wildman–Crippen MR) is 209 cm³/mol. The molecule has 0 radical (unpaired) electrons. The van der Waals surface area contributed by atoms with Crippen molar-refractivity contribution in [3.63, 3.8) is 0 Å². The Morgan fingerprint density at radius 2 is 0.920 bits per heavy atom. The number of hydrogen-bond acceptors (Lipinski definition) is 2. The topological polar surface area (TPSA) is 16.4 Å². The summed E-state index contributed by atoms with van der Waals surface area (Å²) in [7, 11) is 0. The number of anilines is 3. The highest BCUT2D eigenvalue weighted by atomic mass is 16.3. The number of furan rings is 1. The van der Waals surface area contributed by atoms with Gasteiger partial charge in [0.05, 0.1) is 0 Å². The first-order chi connectivity index (χ1) is 24.3. The molecule has 2 aliphatic carbocycles. The first-order valence-electron chi connectivity index (χ1n) is 17.6. The van der Waals surface area contributed by atoms with E-state index in [4.69, 9.17) is 4.42 Å². The number of hydrogen-bond donors (Lipinski definition) is 0. The summed E-state index contributed by atoms with van der Waals surface area (Å²) in [6.07, 6.45) is 0. The molecule has 1 heterocycles. The largest absolute Gasteiger partial charge is 0.456 e. The van der Waals surface area contributed by atoms with Gasteiger partial charge in [-0.3, -0.25) is 0 Å². The van der Waals surface area contributed by atoms with Crippen LogP contribution < -0.4 is 4.90 Å². The summed E-state index contributed by atoms with van der Waals surface area (Å²) in [6.45, 7) is 9.44. The zero-order chi connectivity index (χ0) is 33.8. The molecule has 8 aromatic rings. The molecule has 2 heteroatoms. The third-order valence-electron chi connectivity index (χ3n) is 11.5. The summed E-state index contributed by atoms with van der Waals surface area (Å²) in [5.41, 5.74) is 18.1. The van der Waals surface area contributed by atoms with E-state index in [0.717, 1.165) is 28.2 Å². The second-order valence-corrected chi connectivity index (χ2v) is 15.0. The van der Waals surface area contributed by atoms with Gasteiger partial charge in [-0.25, -0.2) is 0 Å². The average Bonchev–Trinajstić information content (AvgIpc) is 3.70. The fourth-order valence-electron chi connectivity index (χ4n) is 8.79. The van der Waals surface area contributed by atoms with Crippen molar-refractivity contribution in [1.82, 2.24) is 0 Å². The van der Waals surface area contributed by atoms with Crippen LogP contribution in [0, 0.1) is 0 Å². The number of nitrogens with zero attached hydrogens (tertiary/aromatic N) is 1. The maximum absolute atomic E-state index is 6.35. The molecule has 0 saturated heterocycles. The van der Waals surface area contributed by atoms with E-state index in [9.17, 15) is 0 Å². The van der Waals surface area contributed by atoms with Crippen molar-refractivity contribution in [2.75, 3.05) is 4.90 Å². The van der Waals surface area contributed by atoms with Crippen molar-refractivity contribution in [2.24, 2.45) is 0 Å². The maximum atomic E-state index is 6.35. The van der Waals surface area contributed by atoms with Crippen molar-refractivity contribution in [3.05, 3.63) is 174 Å². The summed E-state index contributed by atoms with van der Waals surface area (Å²) in [5, 5.41) is 2.35. The van der Waals surface area contributed by atoms with Crippen molar-refractivity contribution in [2.45, 2.75) is 38.5 Å². The molecule has 240 valence electrons. The molecule has 0 saturated carbocycles. The molecule has 2 nitrogen and oxygen atoms in total. The fourth-order valence-corrected chi connectivity index (χ4v) is 8.79. The predicted octanol–water partition coefficient (Wildman–Crippen LogP) is 13.3. The third kappa shape index (κ3) is 4.08. The van der Waals surface area contributed by atoms with Gasteiger partial charge >= 0.3 is 0 Å². The number of benzene rings is 7. The summed E-state index contributed by atoms with van der Waals surface area (Å²) in [4.78, 5) is 2.44. The van der Waals surface area contributed by atoms with Gasteiger partial charge in [0.1, 0.15) is 11.2 Å². The number of para-hydroxylation sites is 1. The Balaban J connectivity index is 1.14. The summed E-state index contributed by atoms with van der Waals surface area (Å²) in [5.74, 6) is 0. The van der Waals surface area contributed by atoms with Crippen LogP contribution >= 0.6 is 0 Å². The third-order valence-corrected chi connectivity index (χ3v) is 11.5. The van der Waals surface area contributed by atoms with Gasteiger partial charge < -0.3 is 9.32 Å². The lowest BCUT2D eigenvalue weighted by Gasteiger charge is -2.30. The molecule has 2 aliphatic rings. The van der Waals surface area contributed by atoms with E-state index in [1.165, 1.54) is 66.4 Å². The van der Waals surface area contributed by atoms with Crippen LogP contribution in [0.25, 0.3) is 55.3 Å². The Morgan fingerprint density at radius 1 is 0.380 bits per heavy atom. The molecule has 0 N–H and O–H groups in total. The van der Waals surface area contributed by atoms with E-state index in [1.54, 1.807) is 0 Å². The van der Waals surface area contributed by atoms with Gasteiger partial charge in [-0.05, 0) is 110 Å². The Bertz CT molecular complexity index is 2640. The smallest absolute Gasteiger partial charge is 0.136 e. The quantitative estimate of drug-likeness (QED) is 0.190. The molecule has 1 aromatic heterocycles. The van der Waals surface area contributed by atoms with Gasteiger partial charge in [-0.15, -0.1) is 0 Å². The Morgan fingerprint density at radius 3 is 1.66 bits per heavy atom. The molecule has 10 rings (SSSR count). The van der Waals surface area contributed by atoms with E-state index in [-0.39, 0.29) is 10.8 Å². The molecule has 7 aromatic carbocycles. The van der Waals surface area contributed by atoms with Crippen LogP contribution in [0.4, 0.5) is 17.1 Å². The van der Waals surface area contributed by atoms with Gasteiger partial charge in [0.15, 0.2) is 0 Å². The van der Waals surface area contributed by atoms with E-state index in [2.05, 4.69) is 178 Å². The van der Waals surface area contributed by atoms with Gasteiger partial charge in [0, 0.05) is 38.7 Å². The highest BCUT2D eigenvalue weighted by molar-refractivity contribution is 6.07. The van der Waals surface area contributed by atoms with E-state index < -0.39 is 0 Å². The second-order valence-electron chi connectivity index (χ2n) is 15.0. The molecule has 0 bridgehead atoms.